The number of ether oxygens (including phenoxy) is 2. The van der Waals surface area contributed by atoms with Crippen LogP contribution in [0.15, 0.2) is 58.7 Å². The van der Waals surface area contributed by atoms with E-state index in [1.807, 2.05) is 23.6 Å². The summed E-state index contributed by atoms with van der Waals surface area (Å²) in [7, 11) is -3.34. The Labute approximate surface area is 206 Å². The van der Waals surface area contributed by atoms with E-state index in [1.165, 1.54) is 16.0 Å². The molecule has 11 heteroatoms. The number of hydrogen-bond donors (Lipinski definition) is 1. The Hall–Kier alpha value is -3.12. The van der Waals surface area contributed by atoms with Crippen LogP contribution in [0.4, 0.5) is 5.69 Å². The highest BCUT2D eigenvalue weighted by atomic mass is 32.2. The maximum atomic E-state index is 13.2. The van der Waals surface area contributed by atoms with Gasteiger partial charge in [0, 0.05) is 28.4 Å². The van der Waals surface area contributed by atoms with Gasteiger partial charge in [-0.2, -0.15) is 5.10 Å². The van der Waals surface area contributed by atoms with Gasteiger partial charge in [0.05, 0.1) is 42.8 Å². The lowest BCUT2D eigenvalue weighted by atomic mass is 10.1. The molecular formula is C24H24N4O5S2. The number of thiazole rings is 1. The van der Waals surface area contributed by atoms with Crippen molar-refractivity contribution in [1.82, 2.24) is 14.8 Å². The molecule has 1 aliphatic rings. The van der Waals surface area contributed by atoms with Crippen LogP contribution in [0.1, 0.15) is 17.1 Å². The molecule has 0 spiro atoms. The number of aromatic nitrogens is 3. The first-order valence-corrected chi connectivity index (χ1v) is 13.9. The Balaban J connectivity index is 1.41. The molecule has 1 saturated heterocycles. The van der Waals surface area contributed by atoms with Crippen LogP contribution < -0.4 is 10.3 Å². The molecule has 3 heterocycles. The minimum Gasteiger partial charge on any atom is -0.352 e. The van der Waals surface area contributed by atoms with Gasteiger partial charge in [0.15, 0.2) is 6.29 Å². The predicted octanol–water partition coefficient (Wildman–Crippen LogP) is 3.25. The second-order valence-electron chi connectivity index (χ2n) is 8.26. The maximum absolute atomic E-state index is 13.2. The summed E-state index contributed by atoms with van der Waals surface area (Å²) in [5, 5.41) is 8.70. The molecule has 5 rings (SSSR count). The van der Waals surface area contributed by atoms with E-state index in [0.717, 1.165) is 40.0 Å². The first-order chi connectivity index (χ1) is 16.9. The summed E-state index contributed by atoms with van der Waals surface area (Å²) in [5.41, 5.74) is 2.64. The first kappa shape index (κ1) is 23.6. The van der Waals surface area contributed by atoms with Crippen molar-refractivity contribution >= 4 is 37.8 Å². The zero-order chi connectivity index (χ0) is 24.4. The smallest absolute Gasteiger partial charge is 0.275 e. The van der Waals surface area contributed by atoms with Crippen molar-refractivity contribution in [3.63, 3.8) is 0 Å². The Bertz CT molecular complexity index is 1510. The Morgan fingerprint density at radius 1 is 1.09 bits per heavy atom. The highest BCUT2D eigenvalue weighted by Crippen LogP contribution is 2.25. The predicted molar refractivity (Wildman–Crippen MR) is 135 cm³/mol. The summed E-state index contributed by atoms with van der Waals surface area (Å²) in [6.07, 6.45) is 2.06. The summed E-state index contributed by atoms with van der Waals surface area (Å²) in [6.45, 7) is 1.53. The Morgan fingerprint density at radius 2 is 1.80 bits per heavy atom. The lowest BCUT2D eigenvalue weighted by molar-refractivity contribution is -0.177. The van der Waals surface area contributed by atoms with Crippen LogP contribution in [-0.2, 0) is 32.5 Å². The van der Waals surface area contributed by atoms with Crippen LogP contribution in [-0.4, -0.2) is 48.9 Å². The summed E-state index contributed by atoms with van der Waals surface area (Å²) in [5.74, 6) is 0. The van der Waals surface area contributed by atoms with E-state index in [9.17, 15) is 13.2 Å². The summed E-state index contributed by atoms with van der Waals surface area (Å²) < 4.78 is 38.1. The first-order valence-electron chi connectivity index (χ1n) is 11.1. The fourth-order valence-corrected chi connectivity index (χ4v) is 5.29. The number of nitrogens with one attached hydrogen (secondary N) is 1. The van der Waals surface area contributed by atoms with E-state index in [-0.39, 0.29) is 18.4 Å². The number of sulfonamides is 1. The van der Waals surface area contributed by atoms with Gasteiger partial charge in [-0.15, -0.1) is 11.3 Å². The van der Waals surface area contributed by atoms with Crippen LogP contribution in [0.3, 0.4) is 0 Å². The van der Waals surface area contributed by atoms with Crippen molar-refractivity contribution in [3.8, 4) is 11.3 Å². The van der Waals surface area contributed by atoms with Crippen molar-refractivity contribution in [2.45, 2.75) is 25.7 Å². The van der Waals surface area contributed by atoms with Crippen molar-refractivity contribution < 1.29 is 17.9 Å². The van der Waals surface area contributed by atoms with Gasteiger partial charge in [0.25, 0.3) is 5.56 Å². The molecule has 35 heavy (non-hydrogen) atoms. The molecule has 0 unspecified atom stereocenters. The molecule has 1 aliphatic heterocycles. The van der Waals surface area contributed by atoms with Crippen LogP contribution in [0.2, 0.25) is 0 Å². The molecule has 0 amide bonds. The zero-order valence-electron chi connectivity index (χ0n) is 19.0. The van der Waals surface area contributed by atoms with Crippen molar-refractivity contribution in [2.75, 3.05) is 24.2 Å². The monoisotopic (exact) mass is 512 g/mol. The van der Waals surface area contributed by atoms with Gasteiger partial charge < -0.3 is 9.47 Å². The Kier molecular flexibility index (Phi) is 6.65. The van der Waals surface area contributed by atoms with E-state index in [2.05, 4.69) is 14.8 Å². The molecular weight excluding hydrogens is 488 g/mol. The lowest BCUT2D eigenvalue weighted by Gasteiger charge is -2.23. The normalized spacial score (nSPS) is 14.9. The number of fused-ring (bicyclic) bond motifs is 1. The van der Waals surface area contributed by atoms with Gasteiger partial charge in [0.1, 0.15) is 5.01 Å². The van der Waals surface area contributed by atoms with Gasteiger partial charge in [-0.1, -0.05) is 30.3 Å². The summed E-state index contributed by atoms with van der Waals surface area (Å²) in [4.78, 5) is 17.8. The van der Waals surface area contributed by atoms with Gasteiger partial charge >= 0.3 is 0 Å². The van der Waals surface area contributed by atoms with Crippen molar-refractivity contribution in [3.05, 3.63) is 75.0 Å². The van der Waals surface area contributed by atoms with E-state index in [0.29, 0.717) is 30.7 Å². The summed E-state index contributed by atoms with van der Waals surface area (Å²) in [6, 6.07) is 14.4. The third-order valence-electron chi connectivity index (χ3n) is 5.52. The molecule has 2 aromatic carbocycles. The molecule has 182 valence electrons. The summed E-state index contributed by atoms with van der Waals surface area (Å²) >= 11 is 1.44. The highest BCUT2D eigenvalue weighted by molar-refractivity contribution is 7.92. The highest BCUT2D eigenvalue weighted by Gasteiger charge is 2.19. The SMILES string of the molecule is CS(=O)(=O)Nc1ccc(-c2csc(Cn3nc(CC4OCCCO4)c4ccccc4c3=O)n2)cc1. The fourth-order valence-electron chi connectivity index (χ4n) is 3.94. The van der Waals surface area contributed by atoms with Gasteiger partial charge in [-0.25, -0.2) is 18.1 Å². The minimum atomic E-state index is -3.34. The number of benzene rings is 2. The Morgan fingerprint density at radius 3 is 2.51 bits per heavy atom. The second-order valence-corrected chi connectivity index (χ2v) is 11.0. The van der Waals surface area contributed by atoms with E-state index < -0.39 is 10.0 Å². The molecule has 9 nitrogen and oxygen atoms in total. The van der Waals surface area contributed by atoms with Crippen molar-refractivity contribution in [1.29, 1.82) is 0 Å². The van der Waals surface area contributed by atoms with Crippen LogP contribution in [0.5, 0.6) is 0 Å². The molecule has 1 N–H and O–H groups in total. The second kappa shape index (κ2) is 9.86. The number of anilines is 1. The third-order valence-corrected chi connectivity index (χ3v) is 6.96. The number of hydrogen-bond acceptors (Lipinski definition) is 8. The average Bonchev–Trinajstić information content (AvgIpc) is 3.31. The molecule has 0 bridgehead atoms. The minimum absolute atomic E-state index is 0.178. The van der Waals surface area contributed by atoms with E-state index in [1.54, 1.807) is 30.3 Å². The largest absolute Gasteiger partial charge is 0.352 e. The van der Waals surface area contributed by atoms with E-state index in [4.69, 9.17) is 9.47 Å². The molecule has 0 radical (unpaired) electrons. The number of nitrogens with zero attached hydrogens (tertiary/aromatic N) is 3. The van der Waals surface area contributed by atoms with Gasteiger partial charge in [-0.3, -0.25) is 9.52 Å². The maximum Gasteiger partial charge on any atom is 0.275 e. The van der Waals surface area contributed by atoms with Crippen molar-refractivity contribution in [2.24, 2.45) is 0 Å². The standard InChI is InChI=1S/C24H24N4O5S2/c1-35(30,31)27-17-9-7-16(8-10-17)21-15-34-22(25-21)14-28-24(29)19-6-3-2-5-18(19)20(26-28)13-23-32-11-4-12-33-23/h2-3,5-10,15,23,27H,4,11-14H2,1H3. The zero-order valence-corrected chi connectivity index (χ0v) is 20.6. The van der Waals surface area contributed by atoms with Crippen LogP contribution >= 0.6 is 11.3 Å². The van der Waals surface area contributed by atoms with Gasteiger partial charge in [-0.05, 0) is 24.6 Å². The third kappa shape index (κ3) is 5.59. The molecule has 1 fully saturated rings. The lowest BCUT2D eigenvalue weighted by Crippen LogP contribution is -2.30. The molecule has 4 aromatic rings. The molecule has 0 atom stereocenters. The van der Waals surface area contributed by atoms with Gasteiger partial charge in [0.2, 0.25) is 10.0 Å². The quantitative estimate of drug-likeness (QED) is 0.404. The molecule has 2 aromatic heterocycles. The fraction of sp³-hybridized carbons (Fsp3) is 0.292. The van der Waals surface area contributed by atoms with Crippen LogP contribution in [0, 0.1) is 0 Å². The van der Waals surface area contributed by atoms with E-state index >= 15 is 0 Å². The molecule has 0 saturated carbocycles. The molecule has 0 aliphatic carbocycles. The number of rotatable bonds is 7. The topological polar surface area (TPSA) is 112 Å². The average molecular weight is 513 g/mol. The van der Waals surface area contributed by atoms with Crippen LogP contribution in [0.25, 0.3) is 22.0 Å².